The van der Waals surface area contributed by atoms with E-state index in [1.807, 2.05) is 13.8 Å². The molecule has 0 N–H and O–H groups in total. The van der Waals surface area contributed by atoms with Crippen LogP contribution in [0.2, 0.25) is 10.0 Å². The minimum Gasteiger partial charge on any atom is -0.486 e. The molecular weight excluding hydrogens is 432 g/mol. The molecule has 0 amide bonds. The number of carbonyl (C=O) groups excluding carboxylic acids is 1. The number of hydrogen-bond donors (Lipinski definition) is 0. The summed E-state index contributed by atoms with van der Waals surface area (Å²) in [5.74, 6) is -0.357. The summed E-state index contributed by atoms with van der Waals surface area (Å²) in [5, 5.41) is -0.669. The van der Waals surface area contributed by atoms with Gasteiger partial charge in [-0.3, -0.25) is 0 Å². The summed E-state index contributed by atoms with van der Waals surface area (Å²) in [5.41, 5.74) is -1.01. The van der Waals surface area contributed by atoms with E-state index in [2.05, 4.69) is 0 Å². The minimum atomic E-state index is -4.61. The second-order valence-electron chi connectivity index (χ2n) is 6.52. The Balaban J connectivity index is 2.17. The zero-order valence-corrected chi connectivity index (χ0v) is 17.1. The fourth-order valence-corrected chi connectivity index (χ4v) is 2.77. The van der Waals surface area contributed by atoms with Crippen LogP contribution >= 0.6 is 23.2 Å². The van der Waals surface area contributed by atoms with E-state index in [1.54, 1.807) is 30.3 Å². The van der Waals surface area contributed by atoms with Gasteiger partial charge in [-0.25, -0.2) is 4.79 Å². The first-order valence-corrected chi connectivity index (χ1v) is 9.41. The van der Waals surface area contributed by atoms with Crippen molar-refractivity contribution >= 4 is 29.2 Å². The Morgan fingerprint density at radius 1 is 1.03 bits per heavy atom. The van der Waals surface area contributed by atoms with Crippen molar-refractivity contribution in [2.75, 3.05) is 13.2 Å². The molecule has 0 saturated heterocycles. The lowest BCUT2D eigenvalue weighted by Crippen LogP contribution is -2.36. The highest BCUT2D eigenvalue weighted by Crippen LogP contribution is 2.40. The van der Waals surface area contributed by atoms with Gasteiger partial charge >= 0.3 is 12.1 Å². The quantitative estimate of drug-likeness (QED) is 0.460. The predicted octanol–water partition coefficient (Wildman–Crippen LogP) is 6.04. The van der Waals surface area contributed by atoms with Gasteiger partial charge in [0.25, 0.3) is 0 Å². The van der Waals surface area contributed by atoms with Crippen LogP contribution in [0.1, 0.15) is 19.4 Å². The molecule has 0 bridgehead atoms. The molecule has 2 rings (SSSR count). The van der Waals surface area contributed by atoms with E-state index in [-0.39, 0.29) is 34.9 Å². The second-order valence-corrected chi connectivity index (χ2v) is 7.34. The summed E-state index contributed by atoms with van der Waals surface area (Å²) < 4.78 is 54.8. The third kappa shape index (κ3) is 7.01. The highest BCUT2D eigenvalue weighted by atomic mass is 35.5. The van der Waals surface area contributed by atoms with Gasteiger partial charge < -0.3 is 14.2 Å². The van der Waals surface area contributed by atoms with Crippen LogP contribution in [0.4, 0.5) is 13.2 Å². The van der Waals surface area contributed by atoms with Gasteiger partial charge in [-0.1, -0.05) is 55.2 Å². The molecule has 1 atom stereocenters. The lowest BCUT2D eigenvalue weighted by molar-refractivity contribution is -0.154. The zero-order chi connectivity index (χ0) is 21.6. The van der Waals surface area contributed by atoms with Gasteiger partial charge in [0.1, 0.15) is 12.4 Å². The van der Waals surface area contributed by atoms with E-state index in [9.17, 15) is 18.0 Å². The summed E-state index contributed by atoms with van der Waals surface area (Å²) >= 11 is 11.8. The Hall–Kier alpha value is -2.12. The SMILES string of the molecule is CC(C)COC(=O)C(COc1c(Cl)cc(C(F)(F)F)cc1Cl)Oc1ccccc1. The zero-order valence-electron chi connectivity index (χ0n) is 15.6. The van der Waals surface area contributed by atoms with Crippen molar-refractivity contribution in [3.8, 4) is 11.5 Å². The Morgan fingerprint density at radius 2 is 1.62 bits per heavy atom. The fourth-order valence-electron chi connectivity index (χ4n) is 2.18. The molecule has 0 aliphatic carbocycles. The highest BCUT2D eigenvalue weighted by Gasteiger charge is 2.32. The van der Waals surface area contributed by atoms with Crippen LogP contribution in [0.5, 0.6) is 11.5 Å². The van der Waals surface area contributed by atoms with E-state index < -0.39 is 23.8 Å². The van der Waals surface area contributed by atoms with E-state index >= 15 is 0 Å². The molecule has 0 aliphatic heterocycles. The van der Waals surface area contributed by atoms with Crippen molar-refractivity contribution in [1.29, 1.82) is 0 Å². The molecule has 29 heavy (non-hydrogen) atoms. The third-order valence-electron chi connectivity index (χ3n) is 3.55. The summed E-state index contributed by atoms with van der Waals surface area (Å²) in [4.78, 5) is 12.4. The van der Waals surface area contributed by atoms with Gasteiger partial charge in [0.15, 0.2) is 5.75 Å². The molecule has 1 unspecified atom stereocenters. The summed E-state index contributed by atoms with van der Waals surface area (Å²) in [6, 6.07) is 9.89. The molecule has 0 fully saturated rings. The molecule has 4 nitrogen and oxygen atoms in total. The standard InChI is InChI=1S/C20H19Cl2F3O4/c1-12(2)10-28-19(26)17(29-14-6-4-3-5-7-14)11-27-18-15(21)8-13(9-16(18)22)20(23,24)25/h3-9,12,17H,10-11H2,1-2H3. The summed E-state index contributed by atoms with van der Waals surface area (Å²) in [6.07, 6.45) is -5.78. The minimum absolute atomic E-state index is 0.107. The number of ether oxygens (including phenoxy) is 3. The van der Waals surface area contributed by atoms with Gasteiger partial charge in [-0.2, -0.15) is 13.2 Å². The van der Waals surface area contributed by atoms with E-state index in [0.717, 1.165) is 0 Å². The van der Waals surface area contributed by atoms with Crippen LogP contribution in [0.25, 0.3) is 0 Å². The van der Waals surface area contributed by atoms with Crippen LogP contribution < -0.4 is 9.47 Å². The molecule has 158 valence electrons. The number of benzene rings is 2. The molecule has 0 heterocycles. The number of halogens is 5. The average Bonchev–Trinajstić information content (AvgIpc) is 2.64. The van der Waals surface area contributed by atoms with Gasteiger partial charge in [0.05, 0.1) is 22.2 Å². The van der Waals surface area contributed by atoms with Crippen molar-refractivity contribution in [1.82, 2.24) is 0 Å². The first-order valence-electron chi connectivity index (χ1n) is 8.65. The molecule has 0 spiro atoms. The molecule has 2 aromatic carbocycles. The van der Waals surface area contributed by atoms with Crippen LogP contribution in [0.15, 0.2) is 42.5 Å². The van der Waals surface area contributed by atoms with Crippen LogP contribution in [0, 0.1) is 5.92 Å². The van der Waals surface area contributed by atoms with E-state index in [1.165, 1.54) is 0 Å². The number of esters is 1. The highest BCUT2D eigenvalue weighted by molar-refractivity contribution is 6.37. The largest absolute Gasteiger partial charge is 0.486 e. The van der Waals surface area contributed by atoms with Gasteiger partial charge in [0.2, 0.25) is 6.10 Å². The van der Waals surface area contributed by atoms with E-state index in [0.29, 0.717) is 17.9 Å². The predicted molar refractivity (Wildman–Crippen MR) is 104 cm³/mol. The molecule has 0 aliphatic rings. The maximum Gasteiger partial charge on any atom is 0.416 e. The van der Waals surface area contributed by atoms with Gasteiger partial charge in [-0.15, -0.1) is 0 Å². The smallest absolute Gasteiger partial charge is 0.416 e. The topological polar surface area (TPSA) is 44.8 Å². The van der Waals surface area contributed by atoms with Crippen LogP contribution in [-0.4, -0.2) is 25.3 Å². The molecular formula is C20H19Cl2F3O4. The Bertz CT molecular complexity index is 803. The first kappa shape index (κ1) is 23.2. The second kappa shape index (κ2) is 10.1. The lowest BCUT2D eigenvalue weighted by Gasteiger charge is -2.20. The number of alkyl halides is 3. The third-order valence-corrected chi connectivity index (χ3v) is 4.11. The van der Waals surface area contributed by atoms with Gasteiger partial charge in [0, 0.05) is 0 Å². The Kier molecular flexibility index (Phi) is 8.05. The molecule has 9 heteroatoms. The van der Waals surface area contributed by atoms with Crippen molar-refractivity contribution in [2.24, 2.45) is 5.92 Å². The van der Waals surface area contributed by atoms with Crippen molar-refractivity contribution < 1.29 is 32.2 Å². The van der Waals surface area contributed by atoms with Crippen molar-refractivity contribution in [3.05, 3.63) is 58.1 Å². The number of hydrogen-bond acceptors (Lipinski definition) is 4. The van der Waals surface area contributed by atoms with Crippen LogP contribution in [-0.2, 0) is 15.7 Å². The van der Waals surface area contributed by atoms with E-state index in [4.69, 9.17) is 37.4 Å². The number of para-hydroxylation sites is 1. The monoisotopic (exact) mass is 450 g/mol. The molecule has 2 aromatic rings. The maximum absolute atomic E-state index is 12.9. The van der Waals surface area contributed by atoms with Gasteiger partial charge in [-0.05, 0) is 30.2 Å². The Labute approximate surface area is 176 Å². The molecule has 0 aromatic heterocycles. The maximum atomic E-state index is 12.9. The fraction of sp³-hybridized carbons (Fsp3) is 0.350. The van der Waals surface area contributed by atoms with Crippen LogP contribution in [0.3, 0.4) is 0 Å². The summed E-state index contributed by atoms with van der Waals surface area (Å²) in [7, 11) is 0. The molecule has 0 saturated carbocycles. The number of rotatable bonds is 8. The Morgan fingerprint density at radius 3 is 2.14 bits per heavy atom. The molecule has 0 radical (unpaired) electrons. The number of carbonyl (C=O) groups is 1. The first-order chi connectivity index (χ1) is 13.6. The average molecular weight is 451 g/mol. The van der Waals surface area contributed by atoms with Crippen molar-refractivity contribution in [2.45, 2.75) is 26.1 Å². The van der Waals surface area contributed by atoms with Crippen molar-refractivity contribution in [3.63, 3.8) is 0 Å². The summed E-state index contributed by atoms with van der Waals surface area (Å²) in [6.45, 7) is 3.56. The normalized spacial score (nSPS) is 12.6. The lowest BCUT2D eigenvalue weighted by atomic mass is 10.2.